The van der Waals surface area contributed by atoms with Crippen LogP contribution in [0, 0.1) is 6.57 Å². The van der Waals surface area contributed by atoms with Crippen molar-refractivity contribution in [3.05, 3.63) is 206 Å². The third-order valence-electron chi connectivity index (χ3n) is 11.3. The number of aromatic nitrogens is 3. The molecular formula is C54H32N4. The summed E-state index contributed by atoms with van der Waals surface area (Å²) < 4.78 is 0. The summed E-state index contributed by atoms with van der Waals surface area (Å²) in [6.45, 7) is 8.52. The highest BCUT2D eigenvalue weighted by Crippen LogP contribution is 2.51. The van der Waals surface area contributed by atoms with E-state index >= 15 is 0 Å². The molecule has 1 heterocycles. The Morgan fingerprint density at radius 2 is 0.828 bits per heavy atom. The lowest BCUT2D eigenvalue weighted by molar-refractivity contribution is 1.07. The number of rotatable bonds is 6. The molecule has 0 N–H and O–H groups in total. The van der Waals surface area contributed by atoms with E-state index < -0.39 is 0 Å². The van der Waals surface area contributed by atoms with Gasteiger partial charge in [-0.2, -0.15) is 0 Å². The Labute approximate surface area is 336 Å². The van der Waals surface area contributed by atoms with Gasteiger partial charge >= 0.3 is 0 Å². The minimum Gasteiger partial charge on any atom is -0.237 e. The Hall–Kier alpha value is -8.00. The van der Waals surface area contributed by atoms with Crippen molar-refractivity contribution in [2.45, 2.75) is 0 Å². The van der Waals surface area contributed by atoms with Crippen LogP contribution in [-0.2, 0) is 0 Å². The molecule has 4 heteroatoms. The van der Waals surface area contributed by atoms with E-state index in [4.69, 9.17) is 21.5 Å². The van der Waals surface area contributed by atoms with E-state index in [0.717, 1.165) is 55.3 Å². The predicted octanol–water partition coefficient (Wildman–Crippen LogP) is 14.4. The van der Waals surface area contributed by atoms with Crippen molar-refractivity contribution in [2.24, 2.45) is 0 Å². The summed E-state index contributed by atoms with van der Waals surface area (Å²) in [5.74, 6) is 1.73. The quantitative estimate of drug-likeness (QED) is 0.160. The number of benzene rings is 9. The summed E-state index contributed by atoms with van der Waals surface area (Å²) in [5.41, 5.74) is 14.3. The van der Waals surface area contributed by atoms with Gasteiger partial charge in [0.15, 0.2) is 17.5 Å². The maximum absolute atomic E-state index is 8.52. The number of hydrogen-bond acceptors (Lipinski definition) is 3. The third kappa shape index (κ3) is 5.49. The van der Waals surface area contributed by atoms with Gasteiger partial charge in [0.25, 0.3) is 0 Å². The van der Waals surface area contributed by atoms with E-state index in [1.165, 1.54) is 38.6 Å². The van der Waals surface area contributed by atoms with E-state index in [1.807, 2.05) is 78.9 Å². The lowest BCUT2D eigenvalue weighted by Gasteiger charge is -2.15. The van der Waals surface area contributed by atoms with Crippen molar-refractivity contribution in [3.8, 4) is 89.8 Å². The Morgan fingerprint density at radius 3 is 1.60 bits per heavy atom. The van der Waals surface area contributed by atoms with Crippen LogP contribution in [0.4, 0.5) is 5.69 Å². The highest BCUT2D eigenvalue weighted by molar-refractivity contribution is 6.19. The number of nitrogens with zero attached hydrogens (tertiary/aromatic N) is 4. The molecule has 268 valence electrons. The van der Waals surface area contributed by atoms with Crippen LogP contribution < -0.4 is 0 Å². The number of para-hydroxylation sites is 1. The normalized spacial score (nSPS) is 11.4. The van der Waals surface area contributed by atoms with E-state index in [1.54, 1.807) is 0 Å². The van der Waals surface area contributed by atoms with Gasteiger partial charge in [-0.1, -0.05) is 188 Å². The molecule has 0 bridgehead atoms. The van der Waals surface area contributed by atoms with Crippen LogP contribution in [0.3, 0.4) is 0 Å². The van der Waals surface area contributed by atoms with E-state index in [9.17, 15) is 0 Å². The Balaban J connectivity index is 1.02. The molecule has 0 radical (unpaired) electrons. The molecule has 0 amide bonds. The third-order valence-corrected chi connectivity index (χ3v) is 11.3. The van der Waals surface area contributed by atoms with E-state index in [-0.39, 0.29) is 0 Å². The Morgan fingerprint density at radius 1 is 0.310 bits per heavy atom. The van der Waals surface area contributed by atoms with Crippen LogP contribution in [0.25, 0.3) is 116 Å². The van der Waals surface area contributed by atoms with Gasteiger partial charge in [0.1, 0.15) is 0 Å². The second-order valence-corrected chi connectivity index (χ2v) is 14.6. The molecule has 10 aromatic rings. The SMILES string of the molecule is [C-]#[N+]c1c(-c2ccc(-c3ccc4cccc5c4c3-c3ccccc3-5)cc2)cccc1-c1ccccc1-c1nc(-c2ccccc2)nc(-c2ccc3ccccc3c2)n1. The molecule has 0 fully saturated rings. The predicted molar refractivity (Wildman–Crippen MR) is 238 cm³/mol. The molecule has 0 saturated carbocycles. The molecule has 58 heavy (non-hydrogen) atoms. The molecule has 9 aromatic carbocycles. The maximum atomic E-state index is 8.52. The van der Waals surface area contributed by atoms with Crippen LogP contribution >= 0.6 is 0 Å². The molecule has 1 aliphatic rings. The van der Waals surface area contributed by atoms with Crippen LogP contribution in [0.1, 0.15) is 0 Å². The van der Waals surface area contributed by atoms with Crippen molar-refractivity contribution in [1.82, 2.24) is 15.0 Å². The Bertz CT molecular complexity index is 3290. The largest absolute Gasteiger partial charge is 0.237 e. The topological polar surface area (TPSA) is 43.0 Å². The fraction of sp³-hybridized carbons (Fsp3) is 0. The van der Waals surface area contributed by atoms with Crippen molar-refractivity contribution in [1.29, 1.82) is 0 Å². The zero-order valence-corrected chi connectivity index (χ0v) is 31.3. The smallest absolute Gasteiger partial charge is 0.202 e. The van der Waals surface area contributed by atoms with E-state index in [0.29, 0.717) is 23.2 Å². The van der Waals surface area contributed by atoms with Crippen molar-refractivity contribution < 1.29 is 0 Å². The fourth-order valence-electron chi connectivity index (χ4n) is 8.59. The van der Waals surface area contributed by atoms with Gasteiger partial charge in [-0.05, 0) is 83.2 Å². The van der Waals surface area contributed by atoms with Gasteiger partial charge in [0, 0.05) is 16.7 Å². The maximum Gasteiger partial charge on any atom is 0.202 e. The minimum absolute atomic E-state index is 0.548. The van der Waals surface area contributed by atoms with Crippen LogP contribution in [0.5, 0.6) is 0 Å². The van der Waals surface area contributed by atoms with Gasteiger partial charge in [0.2, 0.25) is 5.69 Å². The monoisotopic (exact) mass is 736 g/mol. The number of fused-ring (bicyclic) bond motifs is 4. The molecule has 4 nitrogen and oxygen atoms in total. The average Bonchev–Trinajstić information content (AvgIpc) is 3.64. The standard InChI is InChI=1S/C54H32N4/c1-55-51-42(36-28-26-35(27-29-36)41-32-31-37-17-11-23-45-43-18-7-9-20-46(43)50(41)49(37)45)22-12-24-47(51)44-19-8-10-21-48(44)54-57-52(38-14-3-2-4-15-38)56-53(58-54)40-30-25-34-13-5-6-16-39(34)33-40/h2-33H. The second kappa shape index (κ2) is 13.6. The first kappa shape index (κ1) is 33.3. The zero-order valence-electron chi connectivity index (χ0n) is 31.3. The first-order chi connectivity index (χ1) is 28.7. The van der Waals surface area contributed by atoms with Gasteiger partial charge in [-0.25, -0.2) is 19.8 Å². The summed E-state index contributed by atoms with van der Waals surface area (Å²) in [6.07, 6.45) is 0. The van der Waals surface area contributed by atoms with Crippen LogP contribution in [0.15, 0.2) is 194 Å². The molecule has 0 saturated heterocycles. The first-order valence-corrected chi connectivity index (χ1v) is 19.4. The molecule has 0 spiro atoms. The van der Waals surface area contributed by atoms with Crippen molar-refractivity contribution >= 4 is 27.2 Å². The van der Waals surface area contributed by atoms with Gasteiger partial charge in [-0.15, -0.1) is 0 Å². The average molecular weight is 737 g/mol. The molecule has 1 aromatic heterocycles. The van der Waals surface area contributed by atoms with Gasteiger partial charge in [0.05, 0.1) is 6.57 Å². The highest BCUT2D eigenvalue weighted by atomic mass is 15.0. The summed E-state index contributed by atoms with van der Waals surface area (Å²) in [5, 5.41) is 4.83. The number of hydrogen-bond donors (Lipinski definition) is 0. The highest BCUT2D eigenvalue weighted by Gasteiger charge is 2.24. The van der Waals surface area contributed by atoms with Crippen molar-refractivity contribution in [2.75, 3.05) is 0 Å². The molecular weight excluding hydrogens is 705 g/mol. The van der Waals surface area contributed by atoms with Crippen LogP contribution in [-0.4, -0.2) is 15.0 Å². The summed E-state index contributed by atoms with van der Waals surface area (Å²) in [7, 11) is 0. The zero-order chi connectivity index (χ0) is 38.6. The van der Waals surface area contributed by atoms with Crippen molar-refractivity contribution in [3.63, 3.8) is 0 Å². The molecule has 0 atom stereocenters. The molecule has 11 rings (SSSR count). The lowest BCUT2D eigenvalue weighted by atomic mass is 9.90. The Kier molecular flexibility index (Phi) is 7.84. The first-order valence-electron chi connectivity index (χ1n) is 19.4. The molecule has 0 aliphatic heterocycles. The second-order valence-electron chi connectivity index (χ2n) is 14.6. The summed E-state index contributed by atoms with van der Waals surface area (Å²) in [4.78, 5) is 19.4. The summed E-state index contributed by atoms with van der Waals surface area (Å²) in [6, 6.07) is 67.3. The van der Waals surface area contributed by atoms with Gasteiger partial charge < -0.3 is 0 Å². The minimum atomic E-state index is 0.548. The van der Waals surface area contributed by atoms with Gasteiger partial charge in [-0.3, -0.25) is 0 Å². The van der Waals surface area contributed by atoms with Crippen LogP contribution in [0.2, 0.25) is 0 Å². The molecule has 0 unspecified atom stereocenters. The van der Waals surface area contributed by atoms with E-state index in [2.05, 4.69) is 120 Å². The summed E-state index contributed by atoms with van der Waals surface area (Å²) >= 11 is 0. The fourth-order valence-corrected chi connectivity index (χ4v) is 8.59. The lowest BCUT2D eigenvalue weighted by Crippen LogP contribution is -2.01. The molecule has 1 aliphatic carbocycles.